The summed E-state index contributed by atoms with van der Waals surface area (Å²) in [5, 5.41) is 15.6. The number of aromatic carboxylic acids is 1. The van der Waals surface area contributed by atoms with Crippen LogP contribution in [-0.2, 0) is 6.54 Å². The van der Waals surface area contributed by atoms with Crippen molar-refractivity contribution in [3.05, 3.63) is 35.1 Å². The number of hydrogen-bond donors (Lipinski definition) is 2. The lowest BCUT2D eigenvalue weighted by molar-refractivity contribution is 0.0690. The van der Waals surface area contributed by atoms with Crippen LogP contribution in [0.5, 0.6) is 0 Å². The number of carboxylic acids is 1. The highest BCUT2D eigenvalue weighted by Gasteiger charge is 2.09. The normalized spacial score (nSPS) is 10.3. The summed E-state index contributed by atoms with van der Waals surface area (Å²) in [6, 6.07) is 0. The van der Waals surface area contributed by atoms with Crippen molar-refractivity contribution in [2.45, 2.75) is 20.4 Å². The molecule has 0 aliphatic heterocycles. The van der Waals surface area contributed by atoms with Crippen molar-refractivity contribution in [3.63, 3.8) is 0 Å². The van der Waals surface area contributed by atoms with Crippen LogP contribution < -0.4 is 5.32 Å². The molecule has 0 aliphatic carbocycles. The third kappa shape index (κ3) is 2.45. The maximum Gasteiger partial charge on any atom is 0.356 e. The number of carbonyl (C=O) groups is 1. The van der Waals surface area contributed by atoms with E-state index in [0.717, 1.165) is 17.0 Å². The number of carboxylic acid groups (broad SMARTS) is 1. The number of aromatic nitrogens is 3. The van der Waals surface area contributed by atoms with Gasteiger partial charge in [0.1, 0.15) is 11.6 Å². The highest BCUT2D eigenvalue weighted by atomic mass is 16.5. The molecule has 0 saturated carbocycles. The Labute approximate surface area is 103 Å². The predicted octanol–water partition coefficient (Wildman–Crippen LogP) is 1.39. The monoisotopic (exact) mass is 248 g/mol. The number of aryl methyl sites for hydroxylation is 2. The highest BCUT2D eigenvalue weighted by molar-refractivity contribution is 5.84. The van der Waals surface area contributed by atoms with E-state index in [2.05, 4.69) is 20.4 Å². The Morgan fingerprint density at radius 3 is 2.67 bits per heavy atom. The first-order chi connectivity index (χ1) is 8.58. The van der Waals surface area contributed by atoms with Crippen LogP contribution in [0.25, 0.3) is 0 Å². The minimum absolute atomic E-state index is 0.0853. The van der Waals surface area contributed by atoms with Gasteiger partial charge in [0.25, 0.3) is 0 Å². The molecule has 0 aromatic carbocycles. The summed E-state index contributed by atoms with van der Waals surface area (Å²) in [4.78, 5) is 18.3. The summed E-state index contributed by atoms with van der Waals surface area (Å²) >= 11 is 0. The topological polar surface area (TPSA) is 101 Å². The lowest BCUT2D eigenvalue weighted by atomic mass is 10.2. The second kappa shape index (κ2) is 4.82. The summed E-state index contributed by atoms with van der Waals surface area (Å²) in [5.41, 5.74) is 1.69. The molecule has 7 heteroatoms. The van der Waals surface area contributed by atoms with Crippen LogP contribution in [-0.4, -0.2) is 26.2 Å². The largest absolute Gasteiger partial charge is 0.476 e. The minimum atomic E-state index is -1.10. The standard InChI is InChI=1S/C11H12N4O3/c1-6-8(7(2)18-15-6)3-13-10-5-12-9(4-14-10)11(16)17/h4-5H,3H2,1-2H3,(H,13,14)(H,16,17). The van der Waals surface area contributed by atoms with Gasteiger partial charge in [0, 0.05) is 12.1 Å². The van der Waals surface area contributed by atoms with Gasteiger partial charge in [-0.1, -0.05) is 5.16 Å². The van der Waals surface area contributed by atoms with Crippen molar-refractivity contribution in [2.24, 2.45) is 0 Å². The lowest BCUT2D eigenvalue weighted by Gasteiger charge is -2.04. The number of nitrogens with zero attached hydrogens (tertiary/aromatic N) is 3. The van der Waals surface area contributed by atoms with E-state index in [1.807, 2.05) is 13.8 Å². The van der Waals surface area contributed by atoms with Crippen LogP contribution in [0, 0.1) is 13.8 Å². The van der Waals surface area contributed by atoms with Crippen molar-refractivity contribution >= 4 is 11.8 Å². The third-order valence-corrected chi connectivity index (χ3v) is 2.50. The van der Waals surface area contributed by atoms with Crippen LogP contribution in [0.1, 0.15) is 27.5 Å². The van der Waals surface area contributed by atoms with Gasteiger partial charge in [0.05, 0.1) is 18.1 Å². The molecular formula is C11H12N4O3. The molecule has 2 aromatic rings. The fraction of sp³-hybridized carbons (Fsp3) is 0.273. The minimum Gasteiger partial charge on any atom is -0.476 e. The van der Waals surface area contributed by atoms with Crippen molar-refractivity contribution < 1.29 is 14.4 Å². The molecule has 0 saturated heterocycles. The first-order valence-corrected chi connectivity index (χ1v) is 5.29. The Morgan fingerprint density at radius 2 is 2.17 bits per heavy atom. The zero-order valence-corrected chi connectivity index (χ0v) is 9.97. The third-order valence-electron chi connectivity index (χ3n) is 2.50. The Balaban J connectivity index is 2.04. The molecule has 0 unspecified atom stereocenters. The van der Waals surface area contributed by atoms with Crippen LogP contribution in [0.2, 0.25) is 0 Å². The molecule has 2 rings (SSSR count). The van der Waals surface area contributed by atoms with E-state index in [1.165, 1.54) is 12.4 Å². The van der Waals surface area contributed by atoms with Gasteiger partial charge >= 0.3 is 5.97 Å². The predicted molar refractivity (Wildman–Crippen MR) is 62.3 cm³/mol. The SMILES string of the molecule is Cc1noc(C)c1CNc1cnc(C(=O)O)cn1. The van der Waals surface area contributed by atoms with E-state index in [0.29, 0.717) is 12.4 Å². The first kappa shape index (κ1) is 12.0. The lowest BCUT2D eigenvalue weighted by Crippen LogP contribution is -2.06. The number of nitrogens with one attached hydrogen (secondary N) is 1. The van der Waals surface area contributed by atoms with Crippen LogP contribution in [0.3, 0.4) is 0 Å². The highest BCUT2D eigenvalue weighted by Crippen LogP contribution is 2.13. The van der Waals surface area contributed by atoms with Gasteiger partial charge in [0.2, 0.25) is 0 Å². The van der Waals surface area contributed by atoms with E-state index in [-0.39, 0.29) is 5.69 Å². The van der Waals surface area contributed by atoms with Gasteiger partial charge in [-0.15, -0.1) is 0 Å². The maximum absolute atomic E-state index is 10.6. The van der Waals surface area contributed by atoms with E-state index >= 15 is 0 Å². The Hall–Kier alpha value is -2.44. The zero-order chi connectivity index (χ0) is 13.1. The van der Waals surface area contributed by atoms with Crippen LogP contribution in [0.4, 0.5) is 5.82 Å². The fourth-order valence-corrected chi connectivity index (χ4v) is 1.46. The quantitative estimate of drug-likeness (QED) is 0.842. The Morgan fingerprint density at radius 1 is 1.39 bits per heavy atom. The Bertz CT molecular complexity index is 543. The summed E-state index contributed by atoms with van der Waals surface area (Å²) in [5.74, 6) is 0.148. The van der Waals surface area contributed by atoms with E-state index in [9.17, 15) is 4.79 Å². The molecule has 7 nitrogen and oxygen atoms in total. The van der Waals surface area contributed by atoms with Gasteiger partial charge in [-0.25, -0.2) is 14.8 Å². The summed E-state index contributed by atoms with van der Waals surface area (Å²) in [6.45, 7) is 4.19. The fourth-order valence-electron chi connectivity index (χ4n) is 1.46. The van der Waals surface area contributed by atoms with Gasteiger partial charge in [-0.3, -0.25) is 0 Å². The maximum atomic E-state index is 10.6. The second-order valence-corrected chi connectivity index (χ2v) is 3.75. The second-order valence-electron chi connectivity index (χ2n) is 3.75. The molecular weight excluding hydrogens is 236 g/mol. The van der Waals surface area contributed by atoms with Crippen molar-refractivity contribution in [1.82, 2.24) is 15.1 Å². The molecule has 2 N–H and O–H groups in total. The van der Waals surface area contributed by atoms with E-state index in [1.54, 1.807) is 0 Å². The molecule has 94 valence electrons. The molecule has 2 heterocycles. The van der Waals surface area contributed by atoms with E-state index in [4.69, 9.17) is 9.63 Å². The first-order valence-electron chi connectivity index (χ1n) is 5.29. The molecule has 2 aromatic heterocycles. The molecule has 0 spiro atoms. The molecule has 0 aliphatic rings. The van der Waals surface area contributed by atoms with Crippen molar-refractivity contribution in [2.75, 3.05) is 5.32 Å². The number of rotatable bonds is 4. The molecule has 0 radical (unpaired) electrons. The van der Waals surface area contributed by atoms with Gasteiger partial charge in [0.15, 0.2) is 5.69 Å². The van der Waals surface area contributed by atoms with Crippen LogP contribution >= 0.6 is 0 Å². The van der Waals surface area contributed by atoms with Gasteiger partial charge < -0.3 is 14.9 Å². The average Bonchev–Trinajstić information content (AvgIpc) is 2.67. The zero-order valence-electron chi connectivity index (χ0n) is 9.97. The smallest absolute Gasteiger partial charge is 0.356 e. The van der Waals surface area contributed by atoms with Gasteiger partial charge in [-0.05, 0) is 13.8 Å². The molecule has 0 amide bonds. The van der Waals surface area contributed by atoms with Gasteiger partial charge in [-0.2, -0.15) is 0 Å². The number of anilines is 1. The summed E-state index contributed by atoms with van der Waals surface area (Å²) < 4.78 is 5.03. The summed E-state index contributed by atoms with van der Waals surface area (Å²) in [7, 11) is 0. The number of hydrogen-bond acceptors (Lipinski definition) is 6. The molecule has 18 heavy (non-hydrogen) atoms. The Kier molecular flexibility index (Phi) is 3.22. The summed E-state index contributed by atoms with van der Waals surface area (Å²) in [6.07, 6.45) is 2.58. The van der Waals surface area contributed by atoms with Crippen molar-refractivity contribution in [3.8, 4) is 0 Å². The molecule has 0 atom stereocenters. The average molecular weight is 248 g/mol. The van der Waals surface area contributed by atoms with Crippen LogP contribution in [0.15, 0.2) is 16.9 Å². The van der Waals surface area contributed by atoms with E-state index < -0.39 is 5.97 Å². The molecule has 0 fully saturated rings. The van der Waals surface area contributed by atoms with Crippen molar-refractivity contribution in [1.29, 1.82) is 0 Å². The molecule has 0 bridgehead atoms.